The molecule has 0 aromatic heterocycles. The molecule has 0 unspecified atom stereocenters. The van der Waals surface area contributed by atoms with Gasteiger partial charge in [-0.25, -0.2) is 0 Å². The van der Waals surface area contributed by atoms with Gasteiger partial charge in [0.05, 0.1) is 5.60 Å². The first kappa shape index (κ1) is 10.6. The summed E-state index contributed by atoms with van der Waals surface area (Å²) in [6.07, 6.45) is 0.715. The average molecular weight is 212 g/mol. The Kier molecular flexibility index (Phi) is 2.52. The third-order valence-electron chi connectivity index (χ3n) is 2.92. The fourth-order valence-electron chi connectivity index (χ4n) is 2.19. The fourth-order valence-corrected chi connectivity index (χ4v) is 2.19. The first-order valence-electron chi connectivity index (χ1n) is 5.26. The molecular weight excluding hydrogens is 196 g/mol. The second-order valence-electron chi connectivity index (χ2n) is 4.65. The molecule has 0 radical (unpaired) electrons. The molecule has 2 rings (SSSR count). The Morgan fingerprint density at radius 2 is 1.73 bits per heavy atom. The monoisotopic (exact) mass is 212 g/mol. The summed E-state index contributed by atoms with van der Waals surface area (Å²) in [5.41, 5.74) is -0.584. The second kappa shape index (κ2) is 3.57. The zero-order chi connectivity index (χ0) is 11.1. The summed E-state index contributed by atoms with van der Waals surface area (Å²) in [5, 5.41) is 9.49. The zero-order valence-corrected chi connectivity index (χ0v) is 8.90. The number of hydrogen-bond acceptors (Lipinski definition) is 4. The number of likely N-dealkylation sites (tertiary alicyclic amines) is 2. The smallest absolute Gasteiger partial charge is 0.229 e. The van der Waals surface area contributed by atoms with E-state index >= 15 is 0 Å². The van der Waals surface area contributed by atoms with Crippen LogP contribution in [-0.2, 0) is 9.59 Å². The maximum atomic E-state index is 11.3. The minimum atomic E-state index is -0.584. The number of carbonyl (C=O) groups is 2. The van der Waals surface area contributed by atoms with Crippen molar-refractivity contribution in [2.24, 2.45) is 0 Å². The number of nitrogens with zero attached hydrogens (tertiary/aromatic N) is 2. The third-order valence-corrected chi connectivity index (χ3v) is 2.92. The highest BCUT2D eigenvalue weighted by Crippen LogP contribution is 2.19. The van der Waals surface area contributed by atoms with Crippen molar-refractivity contribution in [1.82, 2.24) is 9.80 Å². The lowest BCUT2D eigenvalue weighted by atomic mass is 9.97. The molecule has 2 aliphatic heterocycles. The van der Waals surface area contributed by atoms with Gasteiger partial charge >= 0.3 is 0 Å². The van der Waals surface area contributed by atoms with Crippen molar-refractivity contribution in [2.45, 2.75) is 25.4 Å². The van der Waals surface area contributed by atoms with Crippen LogP contribution in [0.2, 0.25) is 0 Å². The molecule has 2 fully saturated rings. The first-order valence-corrected chi connectivity index (χ1v) is 5.26. The molecular formula is C10H16N2O3. The maximum absolute atomic E-state index is 11.3. The van der Waals surface area contributed by atoms with E-state index in [1.807, 2.05) is 4.90 Å². The summed E-state index contributed by atoms with van der Waals surface area (Å²) in [4.78, 5) is 25.9. The Bertz CT molecular complexity index is 277. The number of amides is 2. The third kappa shape index (κ3) is 2.18. The SMILES string of the molecule is CC1(O)CN(CCN2C(=O)CCC2=O)C1. The molecule has 0 saturated carbocycles. The van der Waals surface area contributed by atoms with E-state index in [0.717, 1.165) is 0 Å². The second-order valence-corrected chi connectivity index (χ2v) is 4.65. The highest BCUT2D eigenvalue weighted by Gasteiger charge is 2.37. The molecule has 15 heavy (non-hydrogen) atoms. The molecule has 5 nitrogen and oxygen atoms in total. The Morgan fingerprint density at radius 3 is 2.20 bits per heavy atom. The van der Waals surface area contributed by atoms with Gasteiger partial charge in [0, 0.05) is 39.0 Å². The molecule has 2 amide bonds. The van der Waals surface area contributed by atoms with Crippen LogP contribution < -0.4 is 0 Å². The van der Waals surface area contributed by atoms with E-state index in [1.165, 1.54) is 4.90 Å². The molecule has 2 saturated heterocycles. The molecule has 0 aliphatic carbocycles. The summed E-state index contributed by atoms with van der Waals surface area (Å²) in [5.74, 6) is -0.125. The van der Waals surface area contributed by atoms with Crippen molar-refractivity contribution in [1.29, 1.82) is 0 Å². The number of aliphatic hydroxyl groups is 1. The van der Waals surface area contributed by atoms with E-state index in [0.29, 0.717) is 39.0 Å². The van der Waals surface area contributed by atoms with Crippen molar-refractivity contribution >= 4 is 11.8 Å². The van der Waals surface area contributed by atoms with Crippen LogP contribution in [0, 0.1) is 0 Å². The highest BCUT2D eigenvalue weighted by molar-refractivity contribution is 6.01. The van der Waals surface area contributed by atoms with E-state index in [2.05, 4.69) is 0 Å². The molecule has 5 heteroatoms. The Labute approximate surface area is 88.6 Å². The molecule has 0 aromatic rings. The van der Waals surface area contributed by atoms with Crippen LogP contribution in [0.15, 0.2) is 0 Å². The largest absolute Gasteiger partial charge is 0.388 e. The van der Waals surface area contributed by atoms with Crippen molar-refractivity contribution in [2.75, 3.05) is 26.2 Å². The Balaban J connectivity index is 1.75. The maximum Gasteiger partial charge on any atom is 0.229 e. The Hall–Kier alpha value is -0.940. The van der Waals surface area contributed by atoms with E-state index in [1.54, 1.807) is 6.92 Å². The van der Waals surface area contributed by atoms with Crippen LogP contribution >= 0.6 is 0 Å². The molecule has 2 aliphatic rings. The van der Waals surface area contributed by atoms with Crippen molar-refractivity contribution < 1.29 is 14.7 Å². The lowest BCUT2D eigenvalue weighted by Crippen LogP contribution is -2.61. The molecule has 0 bridgehead atoms. The molecule has 84 valence electrons. The first-order chi connectivity index (χ1) is 6.98. The van der Waals surface area contributed by atoms with E-state index in [4.69, 9.17) is 0 Å². The topological polar surface area (TPSA) is 60.9 Å². The molecule has 0 atom stereocenters. The van der Waals surface area contributed by atoms with Gasteiger partial charge in [-0.1, -0.05) is 0 Å². The summed E-state index contributed by atoms with van der Waals surface area (Å²) >= 11 is 0. The number of hydrogen-bond donors (Lipinski definition) is 1. The van der Waals surface area contributed by atoms with Crippen LogP contribution in [0.1, 0.15) is 19.8 Å². The highest BCUT2D eigenvalue weighted by atomic mass is 16.3. The predicted octanol–water partition coefficient (Wildman–Crippen LogP) is -0.798. The fraction of sp³-hybridized carbons (Fsp3) is 0.800. The summed E-state index contributed by atoms with van der Waals surface area (Å²) in [6.45, 7) is 4.18. The predicted molar refractivity (Wildman–Crippen MR) is 53.0 cm³/mol. The quantitative estimate of drug-likeness (QED) is 0.622. The van der Waals surface area contributed by atoms with Crippen molar-refractivity contribution in [3.63, 3.8) is 0 Å². The molecule has 2 heterocycles. The number of carbonyl (C=O) groups excluding carboxylic acids is 2. The lowest BCUT2D eigenvalue weighted by Gasteiger charge is -2.44. The molecule has 1 N–H and O–H groups in total. The number of rotatable bonds is 3. The van der Waals surface area contributed by atoms with Gasteiger partial charge in [-0.2, -0.15) is 0 Å². The van der Waals surface area contributed by atoms with Gasteiger partial charge in [0.2, 0.25) is 11.8 Å². The van der Waals surface area contributed by atoms with E-state index in [9.17, 15) is 14.7 Å². The number of imide groups is 1. The summed E-state index contributed by atoms with van der Waals surface area (Å²) in [7, 11) is 0. The number of β-amino-alcohol motifs (C(OH)–C–C–N with tert-alkyl or cyclic N) is 1. The minimum Gasteiger partial charge on any atom is -0.388 e. The molecule has 0 spiro atoms. The van der Waals surface area contributed by atoms with Crippen LogP contribution in [0.4, 0.5) is 0 Å². The van der Waals surface area contributed by atoms with Crippen LogP contribution in [0.3, 0.4) is 0 Å². The van der Waals surface area contributed by atoms with Gasteiger partial charge in [-0.15, -0.1) is 0 Å². The van der Waals surface area contributed by atoms with E-state index < -0.39 is 5.60 Å². The van der Waals surface area contributed by atoms with Crippen molar-refractivity contribution in [3.8, 4) is 0 Å². The summed E-state index contributed by atoms with van der Waals surface area (Å²) < 4.78 is 0. The van der Waals surface area contributed by atoms with Gasteiger partial charge in [-0.3, -0.25) is 19.4 Å². The minimum absolute atomic E-state index is 0.0627. The van der Waals surface area contributed by atoms with Gasteiger partial charge < -0.3 is 5.11 Å². The van der Waals surface area contributed by atoms with Gasteiger partial charge in [0.15, 0.2) is 0 Å². The molecule has 0 aromatic carbocycles. The van der Waals surface area contributed by atoms with Crippen molar-refractivity contribution in [3.05, 3.63) is 0 Å². The summed E-state index contributed by atoms with van der Waals surface area (Å²) in [6, 6.07) is 0. The van der Waals surface area contributed by atoms with Gasteiger partial charge in [0.25, 0.3) is 0 Å². The van der Waals surface area contributed by atoms with Crippen LogP contribution in [0.5, 0.6) is 0 Å². The lowest BCUT2D eigenvalue weighted by molar-refractivity contribution is -0.139. The standard InChI is InChI=1S/C10H16N2O3/c1-10(15)6-11(7-10)4-5-12-8(13)2-3-9(12)14/h15H,2-7H2,1H3. The van der Waals surface area contributed by atoms with Crippen LogP contribution in [-0.4, -0.2) is 58.5 Å². The van der Waals surface area contributed by atoms with Gasteiger partial charge in [-0.05, 0) is 6.92 Å². The van der Waals surface area contributed by atoms with E-state index in [-0.39, 0.29) is 11.8 Å². The Morgan fingerprint density at radius 1 is 1.20 bits per heavy atom. The average Bonchev–Trinajstić information content (AvgIpc) is 2.40. The zero-order valence-electron chi connectivity index (χ0n) is 8.90. The van der Waals surface area contributed by atoms with Crippen LogP contribution in [0.25, 0.3) is 0 Å². The normalized spacial score (nSPS) is 25.9. The van der Waals surface area contributed by atoms with Gasteiger partial charge in [0.1, 0.15) is 0 Å².